The van der Waals surface area contributed by atoms with Crippen LogP contribution in [0.1, 0.15) is 33.3 Å². The molecular weight excluding hydrogens is 336 g/mol. The van der Waals surface area contributed by atoms with Crippen LogP contribution in [0.3, 0.4) is 0 Å². The molecule has 1 rings (SSSR count). The van der Waals surface area contributed by atoms with Crippen molar-refractivity contribution in [3.05, 3.63) is 35.9 Å². The molecule has 0 radical (unpaired) electrons. The molecule has 0 saturated carbocycles. The average Bonchev–Trinajstić information content (AvgIpc) is 2.60. The predicted molar refractivity (Wildman–Crippen MR) is 96.2 cm³/mol. The highest BCUT2D eigenvalue weighted by Gasteiger charge is 2.40. The first-order valence-electron chi connectivity index (χ1n) is 8.56. The number of esters is 2. The van der Waals surface area contributed by atoms with Crippen molar-refractivity contribution in [3.63, 3.8) is 0 Å². The van der Waals surface area contributed by atoms with Gasteiger partial charge in [-0.15, -0.1) is 0 Å². The molecule has 0 heterocycles. The van der Waals surface area contributed by atoms with Crippen LogP contribution in [0.4, 0.5) is 0 Å². The molecule has 0 aliphatic carbocycles. The van der Waals surface area contributed by atoms with E-state index < -0.39 is 29.8 Å². The van der Waals surface area contributed by atoms with Crippen LogP contribution in [-0.2, 0) is 30.5 Å². The summed E-state index contributed by atoms with van der Waals surface area (Å²) in [6, 6.07) is 8.19. The van der Waals surface area contributed by atoms with Gasteiger partial charge < -0.3 is 9.47 Å². The zero-order valence-corrected chi connectivity index (χ0v) is 16.0. The van der Waals surface area contributed by atoms with Crippen LogP contribution >= 0.6 is 0 Å². The molecule has 2 N–H and O–H groups in total. The number of ether oxygens (including phenoxy) is 2. The fraction of sp³-hybridized carbons (Fsp3) is 0.526. The average molecular weight is 364 g/mol. The van der Waals surface area contributed by atoms with E-state index in [1.807, 2.05) is 30.3 Å². The number of hydrazine groups is 1. The van der Waals surface area contributed by atoms with Crippen molar-refractivity contribution >= 4 is 17.8 Å². The lowest BCUT2D eigenvalue weighted by atomic mass is 9.93. The minimum atomic E-state index is -1.10. The largest absolute Gasteiger partial charge is 0.467 e. The smallest absolute Gasteiger partial charge is 0.330 e. The van der Waals surface area contributed by atoms with Crippen LogP contribution in [0, 0.1) is 17.8 Å². The van der Waals surface area contributed by atoms with Crippen molar-refractivity contribution in [2.75, 3.05) is 7.11 Å². The number of nitrogens with two attached hydrogens (primary N) is 1. The number of hydrogen-bond donors (Lipinski definition) is 1. The Hall–Kier alpha value is -2.41. The fourth-order valence-corrected chi connectivity index (χ4v) is 2.60. The summed E-state index contributed by atoms with van der Waals surface area (Å²) in [7, 11) is 1.23. The van der Waals surface area contributed by atoms with Gasteiger partial charge in [0, 0.05) is 0 Å². The van der Waals surface area contributed by atoms with E-state index in [0.29, 0.717) is 0 Å². The molecule has 1 amide bonds. The van der Waals surface area contributed by atoms with Gasteiger partial charge >= 0.3 is 11.9 Å². The lowest BCUT2D eigenvalue weighted by molar-refractivity contribution is -0.165. The number of hydrogen-bond acceptors (Lipinski definition) is 6. The number of rotatable bonds is 8. The number of methoxy groups -OCH3 is 1. The molecule has 26 heavy (non-hydrogen) atoms. The Morgan fingerprint density at radius 2 is 1.58 bits per heavy atom. The van der Waals surface area contributed by atoms with E-state index >= 15 is 0 Å². The fourth-order valence-electron chi connectivity index (χ4n) is 2.60. The summed E-state index contributed by atoms with van der Waals surface area (Å²) in [4.78, 5) is 37.3. The van der Waals surface area contributed by atoms with Crippen molar-refractivity contribution in [3.8, 4) is 0 Å². The molecular formula is C19H28N2O5. The maximum atomic E-state index is 12.8. The van der Waals surface area contributed by atoms with Crippen LogP contribution < -0.4 is 5.84 Å². The third kappa shape index (κ3) is 5.56. The normalized spacial score (nSPS) is 13.2. The maximum absolute atomic E-state index is 12.8. The molecule has 0 bridgehead atoms. The van der Waals surface area contributed by atoms with Crippen molar-refractivity contribution in [1.29, 1.82) is 0 Å². The van der Waals surface area contributed by atoms with Gasteiger partial charge in [-0.05, 0) is 17.4 Å². The monoisotopic (exact) mass is 364 g/mol. The van der Waals surface area contributed by atoms with Crippen LogP contribution in [0.2, 0.25) is 0 Å². The Bertz CT molecular complexity index is 616. The third-order valence-electron chi connectivity index (χ3n) is 4.04. The van der Waals surface area contributed by atoms with Crippen LogP contribution in [0.25, 0.3) is 0 Å². The maximum Gasteiger partial charge on any atom is 0.330 e. The van der Waals surface area contributed by atoms with E-state index in [2.05, 4.69) is 0 Å². The number of carbonyl (C=O) groups is 3. The molecule has 144 valence electrons. The molecule has 0 saturated heterocycles. The second-order valence-corrected chi connectivity index (χ2v) is 6.77. The molecule has 0 unspecified atom stereocenters. The number of amides is 1. The van der Waals surface area contributed by atoms with Crippen molar-refractivity contribution < 1.29 is 23.9 Å². The molecule has 0 spiro atoms. The lowest BCUT2D eigenvalue weighted by Gasteiger charge is -2.31. The highest BCUT2D eigenvalue weighted by molar-refractivity contribution is 5.99. The zero-order chi connectivity index (χ0) is 19.9. The van der Waals surface area contributed by atoms with Gasteiger partial charge in [-0.25, -0.2) is 10.6 Å². The molecule has 0 fully saturated rings. The Balaban J connectivity index is 2.91. The van der Waals surface area contributed by atoms with Crippen molar-refractivity contribution in [2.45, 2.75) is 40.3 Å². The zero-order valence-electron chi connectivity index (χ0n) is 16.0. The topological polar surface area (TPSA) is 98.9 Å². The summed E-state index contributed by atoms with van der Waals surface area (Å²) in [5.41, 5.74) is 0.815. The molecule has 7 heteroatoms. The first-order valence-corrected chi connectivity index (χ1v) is 8.56. The molecule has 0 aromatic heterocycles. The Morgan fingerprint density at radius 3 is 2.04 bits per heavy atom. The summed E-state index contributed by atoms with van der Waals surface area (Å²) in [5, 5.41) is 0.797. The first kappa shape index (κ1) is 21.6. The van der Waals surface area contributed by atoms with E-state index in [-0.39, 0.29) is 18.4 Å². The van der Waals surface area contributed by atoms with Gasteiger partial charge in [0.1, 0.15) is 18.6 Å². The van der Waals surface area contributed by atoms with E-state index in [1.54, 1.807) is 27.7 Å². The SMILES string of the molecule is COC(=O)[C@H](C(C)C)N(N)C(=O)[C@@H](C(=O)OCc1ccccc1)C(C)C. The minimum absolute atomic E-state index is 0.0609. The van der Waals surface area contributed by atoms with Crippen molar-refractivity contribution in [1.82, 2.24) is 5.01 Å². The van der Waals surface area contributed by atoms with Crippen LogP contribution in [0.5, 0.6) is 0 Å². The van der Waals surface area contributed by atoms with E-state index in [1.165, 1.54) is 7.11 Å². The second kappa shape index (κ2) is 9.91. The summed E-state index contributed by atoms with van der Waals surface area (Å²) in [6.07, 6.45) is 0. The highest BCUT2D eigenvalue weighted by atomic mass is 16.5. The van der Waals surface area contributed by atoms with Gasteiger partial charge in [-0.2, -0.15) is 0 Å². The van der Waals surface area contributed by atoms with Crippen LogP contribution in [0.15, 0.2) is 30.3 Å². The van der Waals surface area contributed by atoms with Crippen molar-refractivity contribution in [2.24, 2.45) is 23.6 Å². The Morgan fingerprint density at radius 1 is 1.00 bits per heavy atom. The van der Waals surface area contributed by atoms with Gasteiger partial charge in [-0.3, -0.25) is 14.6 Å². The van der Waals surface area contributed by atoms with Gasteiger partial charge in [0.2, 0.25) is 0 Å². The quantitative estimate of drug-likeness (QED) is 0.249. The van der Waals surface area contributed by atoms with E-state index in [4.69, 9.17) is 15.3 Å². The second-order valence-electron chi connectivity index (χ2n) is 6.77. The highest BCUT2D eigenvalue weighted by Crippen LogP contribution is 2.20. The number of nitrogens with zero attached hydrogens (tertiary/aromatic N) is 1. The van der Waals surface area contributed by atoms with Gasteiger partial charge in [-0.1, -0.05) is 58.0 Å². The van der Waals surface area contributed by atoms with E-state index in [0.717, 1.165) is 10.6 Å². The third-order valence-corrected chi connectivity index (χ3v) is 4.04. The van der Waals surface area contributed by atoms with Gasteiger partial charge in [0.25, 0.3) is 5.91 Å². The number of carbonyl (C=O) groups excluding carboxylic acids is 3. The lowest BCUT2D eigenvalue weighted by Crippen LogP contribution is -2.56. The summed E-state index contributed by atoms with van der Waals surface area (Å²) in [5.74, 6) is 2.21. The molecule has 1 aromatic rings. The molecule has 0 aliphatic heterocycles. The van der Waals surface area contributed by atoms with Crippen LogP contribution in [-0.4, -0.2) is 36.0 Å². The standard InChI is InChI=1S/C19H28N2O5/c1-12(2)15(18(23)26-11-14-9-7-6-8-10-14)17(22)21(20)16(13(3)4)19(24)25-5/h6-10,12-13,15-16H,11,20H2,1-5H3/t15-,16-/m0/s1. The summed E-state index contributed by atoms with van der Waals surface area (Å²) in [6.45, 7) is 7.00. The summed E-state index contributed by atoms with van der Waals surface area (Å²) < 4.78 is 10.0. The molecule has 1 aromatic carbocycles. The minimum Gasteiger partial charge on any atom is -0.467 e. The Labute approximate surface area is 154 Å². The summed E-state index contributed by atoms with van der Waals surface area (Å²) >= 11 is 0. The predicted octanol–water partition coefficient (Wildman–Crippen LogP) is 1.90. The number of benzene rings is 1. The first-order chi connectivity index (χ1) is 12.2. The van der Waals surface area contributed by atoms with E-state index in [9.17, 15) is 14.4 Å². The Kier molecular flexibility index (Phi) is 8.25. The van der Waals surface area contributed by atoms with Gasteiger partial charge in [0.15, 0.2) is 0 Å². The molecule has 2 atom stereocenters. The van der Waals surface area contributed by atoms with Gasteiger partial charge in [0.05, 0.1) is 7.11 Å². The molecule has 0 aliphatic rings. The molecule has 7 nitrogen and oxygen atoms in total.